The maximum Gasteiger partial charge on any atom is 0.261 e. The first kappa shape index (κ1) is 11.4. The topological polar surface area (TPSA) is 37.4 Å². The average molecular weight is 263 g/mol. The van der Waals surface area contributed by atoms with Crippen molar-refractivity contribution in [2.24, 2.45) is 0 Å². The van der Waals surface area contributed by atoms with Gasteiger partial charge in [-0.2, -0.15) is 0 Å². The van der Waals surface area contributed by atoms with Gasteiger partial charge in [-0.3, -0.25) is 14.5 Å². The van der Waals surface area contributed by atoms with Crippen LogP contribution >= 0.6 is 0 Å². The minimum Gasteiger partial charge on any atom is -0.271 e. The lowest BCUT2D eigenvalue weighted by molar-refractivity contribution is 0.0590. The highest BCUT2D eigenvalue weighted by atomic mass is 16.2. The Morgan fingerprint density at radius 3 is 1.70 bits per heavy atom. The molecule has 0 bridgehead atoms. The summed E-state index contributed by atoms with van der Waals surface area (Å²) in [6.07, 6.45) is 1.53. The van der Waals surface area contributed by atoms with Gasteiger partial charge in [-0.15, -0.1) is 0 Å². The third-order valence-electron chi connectivity index (χ3n) is 4.22. The van der Waals surface area contributed by atoms with Gasteiger partial charge in [-0.05, 0) is 36.1 Å². The zero-order valence-corrected chi connectivity index (χ0v) is 10.9. The second-order valence-electron chi connectivity index (χ2n) is 5.36. The number of imide groups is 1. The van der Waals surface area contributed by atoms with E-state index in [9.17, 15) is 9.59 Å². The first-order valence-electron chi connectivity index (χ1n) is 6.79. The van der Waals surface area contributed by atoms with E-state index in [0.717, 1.165) is 12.8 Å². The van der Waals surface area contributed by atoms with E-state index >= 15 is 0 Å². The number of benzene rings is 2. The Bertz CT molecular complexity index is 675. The molecule has 98 valence electrons. The Hall–Kier alpha value is -2.42. The van der Waals surface area contributed by atoms with Crippen molar-refractivity contribution in [2.75, 3.05) is 0 Å². The van der Waals surface area contributed by atoms with Crippen LogP contribution in [0.2, 0.25) is 0 Å². The van der Waals surface area contributed by atoms with Crippen LogP contribution in [0.15, 0.2) is 48.5 Å². The summed E-state index contributed by atoms with van der Waals surface area (Å²) >= 11 is 0. The van der Waals surface area contributed by atoms with Crippen molar-refractivity contribution in [3.05, 3.63) is 70.8 Å². The van der Waals surface area contributed by atoms with Crippen LogP contribution < -0.4 is 0 Å². The monoisotopic (exact) mass is 263 g/mol. The molecular formula is C17H13NO2. The van der Waals surface area contributed by atoms with Gasteiger partial charge in [0.2, 0.25) is 0 Å². The van der Waals surface area contributed by atoms with Gasteiger partial charge in [0, 0.05) is 6.04 Å². The van der Waals surface area contributed by atoms with Gasteiger partial charge in [0.25, 0.3) is 11.8 Å². The Labute approximate surface area is 116 Å². The minimum atomic E-state index is -0.150. The lowest BCUT2D eigenvalue weighted by Crippen LogP contribution is -2.40. The van der Waals surface area contributed by atoms with E-state index in [0.29, 0.717) is 11.1 Å². The standard InChI is InChI=1S/C17H13NO2/c19-16-14-7-3-4-8-15(14)17(20)18(16)13-9-11-5-1-2-6-12(11)10-13/h1-8,13H,9-10H2. The second-order valence-corrected chi connectivity index (χ2v) is 5.36. The van der Waals surface area contributed by atoms with Gasteiger partial charge in [0.1, 0.15) is 0 Å². The van der Waals surface area contributed by atoms with E-state index in [-0.39, 0.29) is 17.9 Å². The summed E-state index contributed by atoms with van der Waals surface area (Å²) in [6.45, 7) is 0. The normalized spacial score (nSPS) is 17.5. The van der Waals surface area contributed by atoms with Crippen molar-refractivity contribution in [3.63, 3.8) is 0 Å². The molecule has 0 spiro atoms. The maximum absolute atomic E-state index is 12.5. The quantitative estimate of drug-likeness (QED) is 0.741. The molecule has 0 radical (unpaired) electrons. The summed E-state index contributed by atoms with van der Waals surface area (Å²) in [5.74, 6) is -0.299. The van der Waals surface area contributed by atoms with Crippen molar-refractivity contribution < 1.29 is 9.59 Å². The fourth-order valence-electron chi connectivity index (χ4n) is 3.26. The maximum atomic E-state index is 12.5. The molecule has 0 N–H and O–H groups in total. The van der Waals surface area contributed by atoms with Gasteiger partial charge < -0.3 is 0 Å². The third kappa shape index (κ3) is 1.46. The van der Waals surface area contributed by atoms with Crippen molar-refractivity contribution in [2.45, 2.75) is 18.9 Å². The molecule has 0 fully saturated rings. The summed E-state index contributed by atoms with van der Waals surface area (Å²) < 4.78 is 0. The van der Waals surface area contributed by atoms with E-state index in [1.54, 1.807) is 24.3 Å². The van der Waals surface area contributed by atoms with Crippen LogP contribution in [0.25, 0.3) is 0 Å². The molecule has 2 aromatic carbocycles. The number of carbonyl (C=O) groups excluding carboxylic acids is 2. The second kappa shape index (κ2) is 4.04. The molecule has 2 aromatic rings. The number of rotatable bonds is 1. The van der Waals surface area contributed by atoms with Gasteiger partial charge in [0.05, 0.1) is 11.1 Å². The smallest absolute Gasteiger partial charge is 0.261 e. The third-order valence-corrected chi connectivity index (χ3v) is 4.22. The molecule has 4 rings (SSSR count). The van der Waals surface area contributed by atoms with Crippen molar-refractivity contribution >= 4 is 11.8 Å². The lowest BCUT2D eigenvalue weighted by Gasteiger charge is -2.21. The number of carbonyl (C=O) groups is 2. The first-order valence-corrected chi connectivity index (χ1v) is 6.79. The summed E-state index contributed by atoms with van der Waals surface area (Å²) in [5, 5.41) is 0. The van der Waals surface area contributed by atoms with Gasteiger partial charge in [0.15, 0.2) is 0 Å². The SMILES string of the molecule is O=C1c2ccccc2C(=O)N1C1Cc2ccccc2C1. The molecule has 3 heteroatoms. The predicted molar refractivity (Wildman–Crippen MR) is 74.6 cm³/mol. The molecule has 0 atom stereocenters. The van der Waals surface area contributed by atoms with Crippen molar-refractivity contribution in [1.82, 2.24) is 4.90 Å². The minimum absolute atomic E-state index is 0.0419. The number of fused-ring (bicyclic) bond motifs is 2. The fourth-order valence-corrected chi connectivity index (χ4v) is 3.26. The molecule has 0 saturated carbocycles. The van der Waals surface area contributed by atoms with Crippen LogP contribution in [0.1, 0.15) is 31.8 Å². The molecule has 1 aliphatic heterocycles. The molecule has 0 aromatic heterocycles. The molecule has 0 saturated heterocycles. The first-order chi connectivity index (χ1) is 9.75. The fraction of sp³-hybridized carbons (Fsp3) is 0.176. The van der Waals surface area contributed by atoms with Crippen molar-refractivity contribution in [1.29, 1.82) is 0 Å². The average Bonchev–Trinajstić information content (AvgIpc) is 3.00. The van der Waals surface area contributed by atoms with Crippen LogP contribution in [-0.2, 0) is 12.8 Å². The lowest BCUT2D eigenvalue weighted by atomic mass is 10.1. The Morgan fingerprint density at radius 2 is 1.20 bits per heavy atom. The van der Waals surface area contributed by atoms with E-state index < -0.39 is 0 Å². The van der Waals surface area contributed by atoms with Crippen LogP contribution in [0, 0.1) is 0 Å². The molecule has 3 nitrogen and oxygen atoms in total. The van der Waals surface area contributed by atoms with E-state index in [2.05, 4.69) is 12.1 Å². The summed E-state index contributed by atoms with van der Waals surface area (Å²) in [7, 11) is 0. The highest BCUT2D eigenvalue weighted by Gasteiger charge is 2.41. The molecule has 2 aliphatic rings. The van der Waals surface area contributed by atoms with Gasteiger partial charge >= 0.3 is 0 Å². The molecule has 1 heterocycles. The Balaban J connectivity index is 1.70. The van der Waals surface area contributed by atoms with Crippen molar-refractivity contribution in [3.8, 4) is 0 Å². The highest BCUT2D eigenvalue weighted by molar-refractivity contribution is 6.21. The molecule has 0 unspecified atom stereocenters. The summed E-state index contributed by atoms with van der Waals surface area (Å²) in [5.41, 5.74) is 3.56. The number of amides is 2. The summed E-state index contributed by atoms with van der Waals surface area (Å²) in [6, 6.07) is 15.2. The van der Waals surface area contributed by atoms with E-state index in [1.165, 1.54) is 16.0 Å². The van der Waals surface area contributed by atoms with Crippen LogP contribution in [0.3, 0.4) is 0 Å². The van der Waals surface area contributed by atoms with Crippen LogP contribution in [0.4, 0.5) is 0 Å². The zero-order chi connectivity index (χ0) is 13.7. The molecule has 2 amide bonds. The van der Waals surface area contributed by atoms with E-state index in [1.807, 2.05) is 12.1 Å². The van der Waals surface area contributed by atoms with Gasteiger partial charge in [-0.1, -0.05) is 36.4 Å². The number of nitrogens with zero attached hydrogens (tertiary/aromatic N) is 1. The predicted octanol–water partition coefficient (Wildman–Crippen LogP) is 2.45. The van der Waals surface area contributed by atoms with Crippen LogP contribution in [-0.4, -0.2) is 22.8 Å². The molecule has 1 aliphatic carbocycles. The summed E-state index contributed by atoms with van der Waals surface area (Å²) in [4.78, 5) is 26.3. The highest BCUT2D eigenvalue weighted by Crippen LogP contribution is 2.31. The van der Waals surface area contributed by atoms with E-state index in [4.69, 9.17) is 0 Å². The Kier molecular flexibility index (Phi) is 2.30. The molecular weight excluding hydrogens is 250 g/mol. The Morgan fingerprint density at radius 1 is 0.750 bits per heavy atom. The largest absolute Gasteiger partial charge is 0.271 e. The number of hydrogen-bond acceptors (Lipinski definition) is 2. The van der Waals surface area contributed by atoms with Gasteiger partial charge in [-0.25, -0.2) is 0 Å². The number of hydrogen-bond donors (Lipinski definition) is 0. The van der Waals surface area contributed by atoms with Crippen LogP contribution in [0.5, 0.6) is 0 Å². The molecule has 20 heavy (non-hydrogen) atoms. The zero-order valence-electron chi connectivity index (χ0n) is 10.9.